The van der Waals surface area contributed by atoms with Crippen LogP contribution in [0.1, 0.15) is 12.0 Å². The van der Waals surface area contributed by atoms with Gasteiger partial charge in [-0.25, -0.2) is 0 Å². The summed E-state index contributed by atoms with van der Waals surface area (Å²) in [5.41, 5.74) is 7.49. The molecule has 0 radical (unpaired) electrons. The van der Waals surface area contributed by atoms with E-state index in [1.165, 1.54) is 6.07 Å². The molecule has 0 aliphatic rings. The summed E-state index contributed by atoms with van der Waals surface area (Å²) in [5, 5.41) is 10.7. The highest BCUT2D eigenvalue weighted by atomic mass is 16.6. The van der Waals surface area contributed by atoms with E-state index in [1.54, 1.807) is 12.1 Å². The smallest absolute Gasteiger partial charge is 0.271 e. The van der Waals surface area contributed by atoms with E-state index in [-0.39, 0.29) is 10.6 Å². The van der Waals surface area contributed by atoms with Crippen molar-refractivity contribution in [2.75, 3.05) is 25.0 Å². The maximum Gasteiger partial charge on any atom is 0.271 e. The summed E-state index contributed by atoms with van der Waals surface area (Å²) in [5.74, 6) is 0. The van der Waals surface area contributed by atoms with Crippen molar-refractivity contribution in [3.8, 4) is 0 Å². The fourth-order valence-electron chi connectivity index (χ4n) is 1.57. The van der Waals surface area contributed by atoms with Crippen molar-refractivity contribution < 1.29 is 4.92 Å². The van der Waals surface area contributed by atoms with Crippen molar-refractivity contribution in [3.05, 3.63) is 33.9 Å². The molecule has 1 aromatic carbocycles. The minimum absolute atomic E-state index is 0.125. The van der Waals surface area contributed by atoms with Crippen LogP contribution >= 0.6 is 0 Å². The van der Waals surface area contributed by atoms with Gasteiger partial charge in [0, 0.05) is 31.4 Å². The van der Waals surface area contributed by atoms with Gasteiger partial charge in [-0.15, -0.1) is 0 Å². The summed E-state index contributed by atoms with van der Waals surface area (Å²) in [6, 6.07) is 4.90. The van der Waals surface area contributed by atoms with E-state index in [1.807, 2.05) is 18.9 Å². The second-order valence-electron chi connectivity index (χ2n) is 3.79. The molecule has 0 saturated carbocycles. The Labute approximate surface area is 95.0 Å². The number of nitro groups is 1. The fraction of sp³-hybridized carbons (Fsp3) is 0.455. The second kappa shape index (κ2) is 5.46. The van der Waals surface area contributed by atoms with E-state index in [4.69, 9.17) is 5.73 Å². The second-order valence-corrected chi connectivity index (χ2v) is 3.79. The number of rotatable bonds is 5. The average molecular weight is 223 g/mol. The molecule has 0 fully saturated rings. The topological polar surface area (TPSA) is 72.4 Å². The van der Waals surface area contributed by atoms with E-state index < -0.39 is 0 Å². The van der Waals surface area contributed by atoms with Crippen molar-refractivity contribution in [2.45, 2.75) is 13.3 Å². The van der Waals surface area contributed by atoms with Gasteiger partial charge in [-0.1, -0.05) is 6.07 Å². The Bertz CT molecular complexity index is 379. The summed E-state index contributed by atoms with van der Waals surface area (Å²) in [6.45, 7) is 3.37. The van der Waals surface area contributed by atoms with Gasteiger partial charge >= 0.3 is 0 Å². The maximum atomic E-state index is 10.7. The molecule has 16 heavy (non-hydrogen) atoms. The predicted molar refractivity (Wildman–Crippen MR) is 64.8 cm³/mol. The molecule has 5 heteroatoms. The van der Waals surface area contributed by atoms with Gasteiger partial charge in [0.15, 0.2) is 0 Å². The Morgan fingerprint density at radius 2 is 2.19 bits per heavy atom. The molecular weight excluding hydrogens is 206 g/mol. The van der Waals surface area contributed by atoms with E-state index >= 15 is 0 Å². The molecule has 1 aromatic rings. The number of nitrogens with two attached hydrogens (primary N) is 1. The molecule has 0 unspecified atom stereocenters. The van der Waals surface area contributed by atoms with E-state index in [9.17, 15) is 10.1 Å². The van der Waals surface area contributed by atoms with Crippen molar-refractivity contribution in [3.63, 3.8) is 0 Å². The van der Waals surface area contributed by atoms with Crippen LogP contribution in [0.2, 0.25) is 0 Å². The van der Waals surface area contributed by atoms with E-state index in [0.29, 0.717) is 6.54 Å². The van der Waals surface area contributed by atoms with Crippen molar-refractivity contribution in [1.82, 2.24) is 0 Å². The normalized spacial score (nSPS) is 10.2. The van der Waals surface area contributed by atoms with Gasteiger partial charge in [0.2, 0.25) is 0 Å². The Hall–Kier alpha value is -1.62. The van der Waals surface area contributed by atoms with Crippen LogP contribution in [-0.4, -0.2) is 25.1 Å². The molecule has 0 atom stereocenters. The van der Waals surface area contributed by atoms with Crippen molar-refractivity contribution >= 4 is 11.4 Å². The quantitative estimate of drug-likeness (QED) is 0.609. The lowest BCUT2D eigenvalue weighted by atomic mass is 10.1. The molecular formula is C11H17N3O2. The molecule has 2 N–H and O–H groups in total. The average Bonchev–Trinajstić information content (AvgIpc) is 2.26. The van der Waals surface area contributed by atoms with Gasteiger partial charge < -0.3 is 10.6 Å². The highest BCUT2D eigenvalue weighted by molar-refractivity contribution is 5.58. The van der Waals surface area contributed by atoms with E-state index in [2.05, 4.69) is 0 Å². The summed E-state index contributed by atoms with van der Waals surface area (Å²) in [7, 11) is 1.92. The first kappa shape index (κ1) is 12.4. The van der Waals surface area contributed by atoms with Crippen molar-refractivity contribution in [1.29, 1.82) is 0 Å². The van der Waals surface area contributed by atoms with Crippen LogP contribution in [0.15, 0.2) is 18.2 Å². The van der Waals surface area contributed by atoms with Crippen LogP contribution in [0.4, 0.5) is 11.4 Å². The lowest BCUT2D eigenvalue weighted by Crippen LogP contribution is -2.21. The van der Waals surface area contributed by atoms with Gasteiger partial charge in [-0.2, -0.15) is 0 Å². The number of nitro benzene ring substituents is 1. The molecule has 0 spiro atoms. The van der Waals surface area contributed by atoms with Crippen LogP contribution in [0, 0.1) is 17.0 Å². The first-order chi connectivity index (χ1) is 7.56. The van der Waals surface area contributed by atoms with Gasteiger partial charge in [0.25, 0.3) is 5.69 Å². The predicted octanol–water partition coefficient (Wildman–Crippen LogP) is 1.69. The number of benzene rings is 1. The first-order valence-electron chi connectivity index (χ1n) is 5.22. The van der Waals surface area contributed by atoms with Crippen LogP contribution in [0.3, 0.4) is 0 Å². The SMILES string of the molecule is Cc1ccc([N+](=O)[O-])cc1N(C)CCCN. The third kappa shape index (κ3) is 2.93. The third-order valence-corrected chi connectivity index (χ3v) is 2.51. The number of aryl methyl sites for hydroxylation is 1. The maximum absolute atomic E-state index is 10.7. The summed E-state index contributed by atoms with van der Waals surface area (Å²) < 4.78 is 0. The minimum Gasteiger partial charge on any atom is -0.374 e. The zero-order valence-corrected chi connectivity index (χ0v) is 9.64. The zero-order valence-electron chi connectivity index (χ0n) is 9.64. The van der Waals surface area contributed by atoms with Crippen molar-refractivity contribution in [2.24, 2.45) is 5.73 Å². The molecule has 1 rings (SSSR count). The molecule has 0 aromatic heterocycles. The fourth-order valence-corrected chi connectivity index (χ4v) is 1.57. The molecule has 0 aliphatic heterocycles. The molecule has 0 saturated heterocycles. The Morgan fingerprint density at radius 1 is 1.50 bits per heavy atom. The Balaban J connectivity index is 2.92. The summed E-state index contributed by atoms with van der Waals surface area (Å²) >= 11 is 0. The largest absolute Gasteiger partial charge is 0.374 e. The lowest BCUT2D eigenvalue weighted by Gasteiger charge is -2.20. The van der Waals surface area contributed by atoms with E-state index in [0.717, 1.165) is 24.2 Å². The van der Waals surface area contributed by atoms with Gasteiger partial charge in [-0.05, 0) is 25.5 Å². The number of hydrogen-bond acceptors (Lipinski definition) is 4. The number of non-ortho nitro benzene ring substituents is 1. The monoisotopic (exact) mass is 223 g/mol. The van der Waals surface area contributed by atoms with Crippen LogP contribution in [0.25, 0.3) is 0 Å². The molecule has 0 heterocycles. The Morgan fingerprint density at radius 3 is 2.75 bits per heavy atom. The summed E-state index contributed by atoms with van der Waals surface area (Å²) in [6.07, 6.45) is 0.874. The highest BCUT2D eigenvalue weighted by Crippen LogP contribution is 2.24. The molecule has 0 bridgehead atoms. The zero-order chi connectivity index (χ0) is 12.1. The lowest BCUT2D eigenvalue weighted by molar-refractivity contribution is -0.384. The van der Waals surface area contributed by atoms with Crippen LogP contribution < -0.4 is 10.6 Å². The van der Waals surface area contributed by atoms with Crippen LogP contribution in [0.5, 0.6) is 0 Å². The minimum atomic E-state index is -0.375. The summed E-state index contributed by atoms with van der Waals surface area (Å²) in [4.78, 5) is 12.3. The highest BCUT2D eigenvalue weighted by Gasteiger charge is 2.11. The van der Waals surface area contributed by atoms with Crippen LogP contribution in [-0.2, 0) is 0 Å². The molecule has 5 nitrogen and oxygen atoms in total. The number of anilines is 1. The molecule has 0 amide bonds. The number of nitrogens with zero attached hydrogens (tertiary/aromatic N) is 2. The van der Waals surface area contributed by atoms with Gasteiger partial charge in [0.05, 0.1) is 4.92 Å². The molecule has 88 valence electrons. The standard InChI is InChI=1S/C11H17N3O2/c1-9-4-5-10(14(15)16)8-11(9)13(2)7-3-6-12/h4-5,8H,3,6-7,12H2,1-2H3. The molecule has 0 aliphatic carbocycles. The van der Waals surface area contributed by atoms with Gasteiger partial charge in [-0.3, -0.25) is 10.1 Å². The van der Waals surface area contributed by atoms with Gasteiger partial charge in [0.1, 0.15) is 0 Å². The first-order valence-corrected chi connectivity index (χ1v) is 5.22. The number of hydrogen-bond donors (Lipinski definition) is 1. The third-order valence-electron chi connectivity index (χ3n) is 2.51. The Kier molecular flexibility index (Phi) is 4.25.